The zero-order valence-electron chi connectivity index (χ0n) is 15.9. The van der Waals surface area contributed by atoms with Crippen LogP contribution in [-0.4, -0.2) is 48.9 Å². The van der Waals surface area contributed by atoms with Crippen molar-refractivity contribution < 1.29 is 23.3 Å². The van der Waals surface area contributed by atoms with Crippen LogP contribution in [0.4, 0.5) is 5.69 Å². The molecule has 0 bridgehead atoms. The fourth-order valence-electron chi connectivity index (χ4n) is 3.38. The molecule has 28 heavy (non-hydrogen) atoms. The molecule has 150 valence electrons. The number of sulfonamides is 1. The van der Waals surface area contributed by atoms with Gasteiger partial charge in [-0.15, -0.1) is 0 Å². The molecule has 0 saturated carbocycles. The molecule has 2 aromatic rings. The molecular weight excluding hydrogens is 382 g/mol. The highest BCUT2D eigenvalue weighted by Gasteiger charge is 2.31. The standard InChI is InChI=1S/C19H23N3O5S/c1-14-11-16(19(23)12-15(14)2)13-20-7-9-21(10-8-20)28(26,27)18-5-3-17(4-6-18)22(24)25/h3-6,11-12,23H,7-10,13H2,1-2H3/p+1. The second-order valence-electron chi connectivity index (χ2n) is 7.15. The van der Waals surface area contributed by atoms with E-state index < -0.39 is 14.9 Å². The molecule has 0 atom stereocenters. The van der Waals surface area contributed by atoms with Crippen LogP contribution in [0.25, 0.3) is 0 Å². The van der Waals surface area contributed by atoms with Crippen LogP contribution in [0.2, 0.25) is 0 Å². The van der Waals surface area contributed by atoms with E-state index in [1.807, 2.05) is 19.9 Å². The SMILES string of the molecule is Cc1cc(O)c(C[NH+]2CCN(S(=O)(=O)c3ccc([N+](=O)[O-])cc3)CC2)cc1C. The maximum absolute atomic E-state index is 12.8. The van der Waals surface area contributed by atoms with E-state index in [1.54, 1.807) is 6.07 Å². The number of nitro benzene ring substituents is 1. The molecule has 0 aromatic heterocycles. The first-order chi connectivity index (χ1) is 13.2. The Kier molecular flexibility index (Phi) is 5.69. The van der Waals surface area contributed by atoms with E-state index in [0.717, 1.165) is 16.7 Å². The lowest BCUT2D eigenvalue weighted by molar-refractivity contribution is -0.917. The molecule has 1 fully saturated rings. The number of phenolic OH excluding ortho intramolecular Hbond substituents is 1. The molecule has 1 aliphatic rings. The number of hydrogen-bond acceptors (Lipinski definition) is 5. The zero-order valence-corrected chi connectivity index (χ0v) is 16.7. The van der Waals surface area contributed by atoms with Crippen LogP contribution in [0.1, 0.15) is 16.7 Å². The van der Waals surface area contributed by atoms with Gasteiger partial charge in [0.2, 0.25) is 10.0 Å². The van der Waals surface area contributed by atoms with Gasteiger partial charge in [0.05, 0.1) is 36.0 Å². The third-order valence-corrected chi connectivity index (χ3v) is 7.16. The molecule has 2 N–H and O–H groups in total. The number of quaternary nitrogens is 1. The molecular formula is C19H24N3O5S+. The Morgan fingerprint density at radius 3 is 2.25 bits per heavy atom. The van der Waals surface area contributed by atoms with E-state index >= 15 is 0 Å². The molecule has 0 unspecified atom stereocenters. The molecule has 2 aromatic carbocycles. The van der Waals surface area contributed by atoms with Gasteiger partial charge in [-0.2, -0.15) is 4.31 Å². The topological polar surface area (TPSA) is 105 Å². The smallest absolute Gasteiger partial charge is 0.269 e. The van der Waals surface area contributed by atoms with E-state index in [2.05, 4.69) is 0 Å². The summed E-state index contributed by atoms with van der Waals surface area (Å²) < 4.78 is 27.0. The number of aromatic hydroxyl groups is 1. The summed E-state index contributed by atoms with van der Waals surface area (Å²) in [5.74, 6) is 0.275. The van der Waals surface area contributed by atoms with E-state index in [1.165, 1.54) is 33.5 Å². The summed E-state index contributed by atoms with van der Waals surface area (Å²) in [4.78, 5) is 11.4. The fraction of sp³-hybridized carbons (Fsp3) is 0.368. The monoisotopic (exact) mass is 406 g/mol. The van der Waals surface area contributed by atoms with Crippen molar-refractivity contribution in [3.63, 3.8) is 0 Å². The summed E-state index contributed by atoms with van der Waals surface area (Å²) >= 11 is 0. The van der Waals surface area contributed by atoms with Gasteiger partial charge in [0.15, 0.2) is 0 Å². The van der Waals surface area contributed by atoms with Gasteiger partial charge in [-0.3, -0.25) is 10.1 Å². The summed E-state index contributed by atoms with van der Waals surface area (Å²) in [5.41, 5.74) is 2.88. The number of piperazine rings is 1. The predicted octanol–water partition coefficient (Wildman–Crippen LogP) is 1.01. The molecule has 1 saturated heterocycles. The molecule has 1 aliphatic heterocycles. The average Bonchev–Trinajstić information content (AvgIpc) is 2.66. The number of nitrogens with zero attached hydrogens (tertiary/aromatic N) is 2. The minimum Gasteiger partial charge on any atom is -0.507 e. The Balaban J connectivity index is 1.66. The van der Waals surface area contributed by atoms with E-state index in [0.29, 0.717) is 32.7 Å². The maximum Gasteiger partial charge on any atom is 0.269 e. The van der Waals surface area contributed by atoms with E-state index in [-0.39, 0.29) is 16.3 Å². The van der Waals surface area contributed by atoms with E-state index in [4.69, 9.17) is 0 Å². The predicted molar refractivity (Wildman–Crippen MR) is 104 cm³/mol. The Bertz CT molecular complexity index is 981. The van der Waals surface area contributed by atoms with Crippen LogP contribution in [0.3, 0.4) is 0 Å². The molecule has 0 spiro atoms. The second kappa shape index (κ2) is 7.86. The van der Waals surface area contributed by atoms with Crippen molar-refractivity contribution in [1.29, 1.82) is 0 Å². The summed E-state index contributed by atoms with van der Waals surface area (Å²) in [7, 11) is -3.67. The Morgan fingerprint density at radius 2 is 1.68 bits per heavy atom. The largest absolute Gasteiger partial charge is 0.507 e. The lowest BCUT2D eigenvalue weighted by Gasteiger charge is -2.31. The Morgan fingerprint density at radius 1 is 1.11 bits per heavy atom. The molecule has 1 heterocycles. The highest BCUT2D eigenvalue weighted by atomic mass is 32.2. The van der Waals surface area contributed by atoms with Gasteiger partial charge in [-0.1, -0.05) is 0 Å². The van der Waals surface area contributed by atoms with Crippen LogP contribution in [0, 0.1) is 24.0 Å². The number of phenols is 1. The van der Waals surface area contributed by atoms with Crippen molar-refractivity contribution >= 4 is 15.7 Å². The molecule has 0 radical (unpaired) electrons. The summed E-state index contributed by atoms with van der Waals surface area (Å²) in [6, 6.07) is 8.71. The minimum absolute atomic E-state index is 0.0633. The summed E-state index contributed by atoms with van der Waals surface area (Å²) in [5, 5.41) is 20.9. The van der Waals surface area contributed by atoms with Gasteiger partial charge in [0.25, 0.3) is 5.69 Å². The third-order valence-electron chi connectivity index (χ3n) is 5.25. The molecule has 3 rings (SSSR count). The van der Waals surface area contributed by atoms with Crippen molar-refractivity contribution in [2.75, 3.05) is 26.2 Å². The Labute approximate surface area is 164 Å². The number of nitrogens with one attached hydrogen (secondary N) is 1. The highest BCUT2D eigenvalue weighted by Crippen LogP contribution is 2.22. The average molecular weight is 406 g/mol. The first kappa shape index (κ1) is 20.2. The van der Waals surface area contributed by atoms with Gasteiger partial charge >= 0.3 is 0 Å². The van der Waals surface area contributed by atoms with E-state index in [9.17, 15) is 23.6 Å². The first-order valence-electron chi connectivity index (χ1n) is 9.06. The van der Waals surface area contributed by atoms with Crippen LogP contribution in [0.5, 0.6) is 5.75 Å². The van der Waals surface area contributed by atoms with Crippen molar-refractivity contribution in [2.24, 2.45) is 0 Å². The minimum atomic E-state index is -3.67. The normalized spacial score (nSPS) is 16.2. The van der Waals surface area contributed by atoms with Gasteiger partial charge in [0, 0.05) is 17.7 Å². The van der Waals surface area contributed by atoms with Crippen LogP contribution < -0.4 is 4.90 Å². The number of nitro groups is 1. The lowest BCUT2D eigenvalue weighted by Crippen LogP contribution is -3.13. The maximum atomic E-state index is 12.8. The van der Waals surface area contributed by atoms with Crippen molar-refractivity contribution in [1.82, 2.24) is 4.31 Å². The van der Waals surface area contributed by atoms with Gasteiger partial charge < -0.3 is 10.0 Å². The van der Waals surface area contributed by atoms with Gasteiger partial charge in [-0.05, 0) is 49.2 Å². The third kappa shape index (κ3) is 4.16. The van der Waals surface area contributed by atoms with Crippen LogP contribution in [-0.2, 0) is 16.6 Å². The highest BCUT2D eigenvalue weighted by molar-refractivity contribution is 7.89. The molecule has 9 heteroatoms. The number of non-ortho nitro benzene ring substituents is 1. The molecule has 0 amide bonds. The first-order valence-corrected chi connectivity index (χ1v) is 10.5. The number of benzene rings is 2. The van der Waals surface area contributed by atoms with Crippen molar-refractivity contribution in [3.05, 3.63) is 63.2 Å². The zero-order chi connectivity index (χ0) is 20.5. The van der Waals surface area contributed by atoms with Gasteiger partial charge in [0.1, 0.15) is 12.3 Å². The lowest BCUT2D eigenvalue weighted by atomic mass is 10.0. The van der Waals surface area contributed by atoms with Crippen molar-refractivity contribution in [3.8, 4) is 5.75 Å². The number of rotatable bonds is 5. The van der Waals surface area contributed by atoms with Gasteiger partial charge in [-0.25, -0.2) is 8.42 Å². The quantitative estimate of drug-likeness (QED) is 0.569. The van der Waals surface area contributed by atoms with Crippen LogP contribution in [0.15, 0.2) is 41.3 Å². The van der Waals surface area contributed by atoms with Crippen LogP contribution >= 0.6 is 0 Å². The number of aryl methyl sites for hydroxylation is 2. The molecule has 8 nitrogen and oxygen atoms in total. The second-order valence-corrected chi connectivity index (χ2v) is 9.08. The fourth-order valence-corrected chi connectivity index (χ4v) is 4.82. The Hall–Kier alpha value is -2.49. The summed E-state index contributed by atoms with van der Waals surface area (Å²) in [6.07, 6.45) is 0. The number of hydrogen-bond donors (Lipinski definition) is 2. The molecule has 0 aliphatic carbocycles. The van der Waals surface area contributed by atoms with Crippen molar-refractivity contribution in [2.45, 2.75) is 25.3 Å². The summed E-state index contributed by atoms with van der Waals surface area (Å²) in [6.45, 7) is 6.56.